The van der Waals surface area contributed by atoms with E-state index in [1.807, 2.05) is 13.2 Å². The van der Waals surface area contributed by atoms with Gasteiger partial charge in [0.1, 0.15) is 0 Å². The van der Waals surface area contributed by atoms with E-state index in [9.17, 15) is 0 Å². The van der Waals surface area contributed by atoms with Crippen molar-refractivity contribution in [1.29, 1.82) is 5.26 Å². The molecule has 0 unspecified atom stereocenters. The molecular formula is C12H12N2. The summed E-state index contributed by atoms with van der Waals surface area (Å²) in [4.78, 5) is 0. The second kappa shape index (κ2) is 3.19. The fourth-order valence-corrected chi connectivity index (χ4v) is 1.80. The van der Waals surface area contributed by atoms with Crippen LogP contribution in [0.15, 0.2) is 24.4 Å². The van der Waals surface area contributed by atoms with Crippen LogP contribution >= 0.6 is 0 Å². The molecule has 2 aromatic rings. The van der Waals surface area contributed by atoms with Crippen LogP contribution < -0.4 is 0 Å². The van der Waals surface area contributed by atoms with Crippen LogP contribution in [-0.4, -0.2) is 4.57 Å². The molecule has 0 aliphatic carbocycles. The monoisotopic (exact) mass is 184 g/mol. The third-order valence-electron chi connectivity index (χ3n) is 2.50. The molecule has 2 rings (SSSR count). The molecule has 0 spiro atoms. The summed E-state index contributed by atoms with van der Waals surface area (Å²) in [5.74, 6) is 0. The lowest BCUT2D eigenvalue weighted by Crippen LogP contribution is -1.83. The van der Waals surface area contributed by atoms with Crippen molar-refractivity contribution >= 4 is 10.9 Å². The fourth-order valence-electron chi connectivity index (χ4n) is 1.80. The van der Waals surface area contributed by atoms with Gasteiger partial charge in [-0.15, -0.1) is 0 Å². The Hall–Kier alpha value is -1.75. The van der Waals surface area contributed by atoms with Gasteiger partial charge in [-0.2, -0.15) is 5.26 Å². The van der Waals surface area contributed by atoms with Crippen LogP contribution in [0.3, 0.4) is 0 Å². The van der Waals surface area contributed by atoms with Gasteiger partial charge in [0, 0.05) is 24.1 Å². The number of nitriles is 1. The number of nitrogens with zero attached hydrogens (tertiary/aromatic N) is 2. The molecule has 1 heterocycles. The Labute approximate surface area is 83.4 Å². The number of rotatable bonds is 1. The van der Waals surface area contributed by atoms with Gasteiger partial charge in [0.05, 0.1) is 12.5 Å². The highest BCUT2D eigenvalue weighted by atomic mass is 14.9. The zero-order chi connectivity index (χ0) is 10.1. The zero-order valence-corrected chi connectivity index (χ0v) is 8.41. The second-order valence-electron chi connectivity index (χ2n) is 3.62. The molecule has 0 atom stereocenters. The first-order valence-corrected chi connectivity index (χ1v) is 4.64. The van der Waals surface area contributed by atoms with Crippen molar-refractivity contribution in [2.24, 2.45) is 7.05 Å². The van der Waals surface area contributed by atoms with Crippen molar-refractivity contribution in [3.63, 3.8) is 0 Å². The van der Waals surface area contributed by atoms with Gasteiger partial charge in [-0.25, -0.2) is 0 Å². The molecule has 0 aliphatic rings. The lowest BCUT2D eigenvalue weighted by molar-refractivity contribution is 0.959. The molecule has 0 fully saturated rings. The summed E-state index contributed by atoms with van der Waals surface area (Å²) >= 11 is 0. The van der Waals surface area contributed by atoms with Crippen LogP contribution in [0.1, 0.15) is 11.1 Å². The fraction of sp³-hybridized carbons (Fsp3) is 0.250. The van der Waals surface area contributed by atoms with Crippen molar-refractivity contribution in [2.45, 2.75) is 13.3 Å². The standard InChI is InChI=1S/C12H12N2/c1-9-3-4-11-10(5-6-13)8-14(2)12(11)7-9/h3-4,7-8H,5H2,1-2H3. The van der Waals surface area contributed by atoms with E-state index in [1.54, 1.807) is 0 Å². The number of hydrogen-bond acceptors (Lipinski definition) is 1. The highest BCUT2D eigenvalue weighted by Gasteiger charge is 2.05. The molecule has 0 radical (unpaired) electrons. The average molecular weight is 184 g/mol. The predicted octanol–water partition coefficient (Wildman–Crippen LogP) is 2.55. The van der Waals surface area contributed by atoms with Crippen molar-refractivity contribution in [3.05, 3.63) is 35.5 Å². The molecule has 2 nitrogen and oxygen atoms in total. The van der Waals surface area contributed by atoms with E-state index in [0.717, 1.165) is 5.56 Å². The Morgan fingerprint density at radius 1 is 1.43 bits per heavy atom. The minimum Gasteiger partial charge on any atom is -0.350 e. The van der Waals surface area contributed by atoms with Crippen LogP contribution in [0.5, 0.6) is 0 Å². The van der Waals surface area contributed by atoms with Gasteiger partial charge < -0.3 is 4.57 Å². The van der Waals surface area contributed by atoms with Crippen molar-refractivity contribution in [1.82, 2.24) is 4.57 Å². The molecular weight excluding hydrogens is 172 g/mol. The van der Waals surface area contributed by atoms with Gasteiger partial charge in [-0.3, -0.25) is 0 Å². The summed E-state index contributed by atoms with van der Waals surface area (Å²) in [6, 6.07) is 8.52. The van der Waals surface area contributed by atoms with Crippen molar-refractivity contribution in [2.75, 3.05) is 0 Å². The number of aryl methyl sites for hydroxylation is 2. The van der Waals surface area contributed by atoms with E-state index in [-0.39, 0.29) is 0 Å². The normalized spacial score (nSPS) is 10.4. The molecule has 1 aromatic carbocycles. The average Bonchev–Trinajstić information content (AvgIpc) is 2.44. The molecule has 14 heavy (non-hydrogen) atoms. The molecule has 0 N–H and O–H groups in total. The highest BCUT2D eigenvalue weighted by molar-refractivity contribution is 5.84. The number of aromatic nitrogens is 1. The highest BCUT2D eigenvalue weighted by Crippen LogP contribution is 2.21. The first-order chi connectivity index (χ1) is 6.72. The molecule has 0 saturated heterocycles. The maximum atomic E-state index is 8.68. The van der Waals surface area contributed by atoms with Crippen LogP contribution in [0.4, 0.5) is 0 Å². The first-order valence-electron chi connectivity index (χ1n) is 4.64. The summed E-state index contributed by atoms with van der Waals surface area (Å²) in [7, 11) is 2.02. The van der Waals surface area contributed by atoms with Crippen LogP contribution in [-0.2, 0) is 13.5 Å². The van der Waals surface area contributed by atoms with E-state index >= 15 is 0 Å². The third kappa shape index (κ3) is 1.27. The van der Waals surface area contributed by atoms with E-state index in [2.05, 4.69) is 35.8 Å². The van der Waals surface area contributed by atoms with E-state index in [0.29, 0.717) is 6.42 Å². The summed E-state index contributed by atoms with van der Waals surface area (Å²) in [5, 5.41) is 9.88. The number of benzene rings is 1. The summed E-state index contributed by atoms with van der Waals surface area (Å²) < 4.78 is 2.08. The Balaban J connectivity index is 2.72. The van der Waals surface area contributed by atoms with Crippen LogP contribution in [0.2, 0.25) is 0 Å². The third-order valence-corrected chi connectivity index (χ3v) is 2.50. The second-order valence-corrected chi connectivity index (χ2v) is 3.62. The molecule has 0 amide bonds. The van der Waals surface area contributed by atoms with Crippen LogP contribution in [0.25, 0.3) is 10.9 Å². The lowest BCUT2D eigenvalue weighted by Gasteiger charge is -1.97. The Kier molecular flexibility index (Phi) is 2.01. The molecule has 70 valence electrons. The van der Waals surface area contributed by atoms with Gasteiger partial charge in [-0.05, 0) is 24.1 Å². The maximum Gasteiger partial charge on any atom is 0.0670 e. The predicted molar refractivity (Wildman–Crippen MR) is 57.0 cm³/mol. The van der Waals surface area contributed by atoms with Crippen molar-refractivity contribution < 1.29 is 0 Å². The maximum absolute atomic E-state index is 8.68. The number of fused-ring (bicyclic) bond motifs is 1. The van der Waals surface area contributed by atoms with Crippen LogP contribution in [0, 0.1) is 18.3 Å². The quantitative estimate of drug-likeness (QED) is 0.669. The SMILES string of the molecule is Cc1ccc2c(CC#N)cn(C)c2c1. The minimum atomic E-state index is 0.487. The van der Waals surface area contributed by atoms with E-state index in [4.69, 9.17) is 5.26 Å². The Morgan fingerprint density at radius 2 is 2.21 bits per heavy atom. The van der Waals surface area contributed by atoms with Gasteiger partial charge >= 0.3 is 0 Å². The van der Waals surface area contributed by atoms with Gasteiger partial charge in [0.15, 0.2) is 0 Å². The first kappa shape index (κ1) is 8.83. The topological polar surface area (TPSA) is 28.7 Å². The van der Waals surface area contributed by atoms with Crippen molar-refractivity contribution in [3.8, 4) is 6.07 Å². The van der Waals surface area contributed by atoms with E-state index < -0.39 is 0 Å². The lowest BCUT2D eigenvalue weighted by atomic mass is 10.1. The summed E-state index contributed by atoms with van der Waals surface area (Å²) in [5.41, 5.74) is 3.57. The number of hydrogen-bond donors (Lipinski definition) is 0. The molecule has 0 aliphatic heterocycles. The van der Waals surface area contributed by atoms with E-state index in [1.165, 1.54) is 16.5 Å². The zero-order valence-electron chi connectivity index (χ0n) is 8.41. The molecule has 1 aromatic heterocycles. The Bertz CT molecular complexity index is 515. The van der Waals surface area contributed by atoms with Gasteiger partial charge in [-0.1, -0.05) is 12.1 Å². The summed E-state index contributed by atoms with van der Waals surface area (Å²) in [6.07, 6.45) is 2.52. The molecule has 0 saturated carbocycles. The smallest absolute Gasteiger partial charge is 0.0670 e. The Morgan fingerprint density at radius 3 is 2.93 bits per heavy atom. The largest absolute Gasteiger partial charge is 0.350 e. The summed E-state index contributed by atoms with van der Waals surface area (Å²) in [6.45, 7) is 2.08. The molecule has 2 heteroatoms. The minimum absolute atomic E-state index is 0.487. The van der Waals surface area contributed by atoms with Gasteiger partial charge in [0.25, 0.3) is 0 Å². The van der Waals surface area contributed by atoms with Gasteiger partial charge in [0.2, 0.25) is 0 Å². The molecule has 0 bridgehead atoms.